The molecule has 0 radical (unpaired) electrons. The third-order valence-electron chi connectivity index (χ3n) is 6.54. The summed E-state index contributed by atoms with van der Waals surface area (Å²) in [6.07, 6.45) is 8.36. The first-order chi connectivity index (χ1) is 16.3. The quantitative estimate of drug-likeness (QED) is 0.557. The van der Waals surface area contributed by atoms with Gasteiger partial charge in [0.05, 0.1) is 6.61 Å². The topological polar surface area (TPSA) is 70.6 Å². The lowest BCUT2D eigenvalue weighted by Crippen LogP contribution is -2.31. The van der Waals surface area contributed by atoms with E-state index in [-0.39, 0.29) is 5.91 Å². The van der Waals surface area contributed by atoms with Crippen molar-refractivity contribution in [2.75, 3.05) is 49.5 Å². The van der Waals surface area contributed by atoms with Gasteiger partial charge in [-0.05, 0) is 62.5 Å². The molecule has 2 aromatic heterocycles. The van der Waals surface area contributed by atoms with E-state index in [1.807, 2.05) is 24.5 Å². The fraction of sp³-hybridized carbons (Fsp3) is 0.423. The van der Waals surface area contributed by atoms with Crippen molar-refractivity contribution >= 4 is 28.2 Å². The van der Waals surface area contributed by atoms with Crippen LogP contribution >= 0.6 is 0 Å². The van der Waals surface area contributed by atoms with Gasteiger partial charge in [0.1, 0.15) is 5.82 Å². The largest absolute Gasteiger partial charge is 0.478 e. The highest BCUT2D eigenvalue weighted by Gasteiger charge is 2.18. The number of hydrogen-bond acceptors (Lipinski definition) is 6. The second kappa shape index (κ2) is 10.2. The highest BCUT2D eigenvalue weighted by atomic mass is 16.5. The number of aromatic nitrogens is 2. The summed E-state index contributed by atoms with van der Waals surface area (Å²) < 4.78 is 5.84. The molecular weight excluding hydrogens is 414 g/mol. The van der Waals surface area contributed by atoms with Crippen molar-refractivity contribution in [3.63, 3.8) is 0 Å². The van der Waals surface area contributed by atoms with E-state index in [1.54, 1.807) is 0 Å². The molecule has 172 valence electrons. The Morgan fingerprint density at radius 1 is 1.00 bits per heavy atom. The molecule has 0 atom stereocenters. The molecular formula is C26H31N5O2. The van der Waals surface area contributed by atoms with Crippen LogP contribution in [0, 0.1) is 0 Å². The van der Waals surface area contributed by atoms with Crippen LogP contribution in [0.25, 0.3) is 10.8 Å². The fourth-order valence-electron chi connectivity index (χ4n) is 4.73. The van der Waals surface area contributed by atoms with Gasteiger partial charge < -0.3 is 19.9 Å². The van der Waals surface area contributed by atoms with Gasteiger partial charge in [-0.3, -0.25) is 9.78 Å². The van der Waals surface area contributed by atoms with Crippen molar-refractivity contribution < 1.29 is 9.53 Å². The Hall–Kier alpha value is -3.19. The molecule has 0 saturated carbocycles. The second-order valence-corrected chi connectivity index (χ2v) is 8.82. The number of nitrogens with zero attached hydrogens (tertiary/aromatic N) is 4. The first-order valence-corrected chi connectivity index (χ1v) is 12.0. The monoisotopic (exact) mass is 445 g/mol. The molecule has 2 aliphatic rings. The molecule has 7 nitrogen and oxygen atoms in total. The number of benzene rings is 1. The van der Waals surface area contributed by atoms with E-state index >= 15 is 0 Å². The van der Waals surface area contributed by atoms with E-state index in [4.69, 9.17) is 4.74 Å². The number of carbonyl (C=O) groups excluding carboxylic acids is 1. The van der Waals surface area contributed by atoms with E-state index in [1.165, 1.54) is 22.9 Å². The first kappa shape index (κ1) is 21.6. The lowest BCUT2D eigenvalue weighted by molar-refractivity contribution is -0.116. The lowest BCUT2D eigenvalue weighted by Gasteiger charge is -2.25. The molecule has 1 aromatic carbocycles. The molecule has 0 spiro atoms. The van der Waals surface area contributed by atoms with E-state index in [0.717, 1.165) is 57.5 Å². The maximum Gasteiger partial charge on any atom is 0.225 e. The van der Waals surface area contributed by atoms with Gasteiger partial charge >= 0.3 is 0 Å². The van der Waals surface area contributed by atoms with Crippen LogP contribution in [-0.2, 0) is 11.2 Å². The molecule has 3 aromatic rings. The van der Waals surface area contributed by atoms with Gasteiger partial charge in [-0.1, -0.05) is 12.1 Å². The van der Waals surface area contributed by atoms with Gasteiger partial charge in [-0.25, -0.2) is 0 Å². The van der Waals surface area contributed by atoms with Crippen LogP contribution in [0.4, 0.5) is 11.5 Å². The molecule has 1 N–H and O–H groups in total. The Morgan fingerprint density at radius 2 is 1.97 bits per heavy atom. The summed E-state index contributed by atoms with van der Waals surface area (Å²) in [5.74, 6) is 1.27. The number of amides is 1. The zero-order valence-corrected chi connectivity index (χ0v) is 19.0. The van der Waals surface area contributed by atoms with Crippen LogP contribution in [0.15, 0.2) is 48.8 Å². The van der Waals surface area contributed by atoms with Crippen molar-refractivity contribution in [1.29, 1.82) is 0 Å². The number of fused-ring (bicyclic) bond motifs is 2. The number of aryl methyl sites for hydroxylation is 1. The third kappa shape index (κ3) is 5.25. The van der Waals surface area contributed by atoms with E-state index in [9.17, 15) is 4.79 Å². The summed E-state index contributed by atoms with van der Waals surface area (Å²) in [4.78, 5) is 25.4. The van der Waals surface area contributed by atoms with Crippen molar-refractivity contribution in [3.8, 4) is 5.88 Å². The molecule has 1 saturated heterocycles. The maximum absolute atomic E-state index is 11.6. The Balaban J connectivity index is 1.07. The predicted octanol–water partition coefficient (Wildman–Crippen LogP) is 3.89. The Kier molecular flexibility index (Phi) is 6.67. The third-order valence-corrected chi connectivity index (χ3v) is 6.54. The molecule has 1 fully saturated rings. The number of anilines is 2. The average Bonchev–Trinajstić information content (AvgIpc) is 3.09. The smallest absolute Gasteiger partial charge is 0.225 e. The average molecular weight is 446 g/mol. The number of nitrogens with one attached hydrogen (secondary N) is 1. The van der Waals surface area contributed by atoms with Gasteiger partial charge in [-0.2, -0.15) is 4.98 Å². The number of carbonyl (C=O) groups is 1. The van der Waals surface area contributed by atoms with Crippen molar-refractivity contribution in [2.24, 2.45) is 0 Å². The van der Waals surface area contributed by atoms with Crippen molar-refractivity contribution in [1.82, 2.24) is 14.9 Å². The zero-order chi connectivity index (χ0) is 22.5. The van der Waals surface area contributed by atoms with Crippen LogP contribution in [0.1, 0.15) is 31.2 Å². The van der Waals surface area contributed by atoms with Crippen LogP contribution < -0.4 is 15.0 Å². The minimum atomic E-state index is 0.0284. The van der Waals surface area contributed by atoms with Gasteiger partial charge in [0, 0.05) is 61.0 Å². The molecule has 4 heterocycles. The number of rotatable bonds is 7. The number of ether oxygens (including phenoxy) is 1. The standard InChI is InChI=1S/C26H31N5O2/c32-24-9-7-20-8-10-25(29-26(20)28-24)33-18-2-1-13-30-14-4-15-31(17-16-30)23-6-3-5-21-19-27-12-11-22(21)23/h3,5-6,8,10-12,19H,1-2,4,7,9,13-18H2,(H,28,29,32). The molecule has 7 heteroatoms. The van der Waals surface area contributed by atoms with Crippen LogP contribution in [0.5, 0.6) is 5.88 Å². The molecule has 0 bridgehead atoms. The molecule has 1 amide bonds. The fourth-order valence-corrected chi connectivity index (χ4v) is 4.73. The zero-order valence-electron chi connectivity index (χ0n) is 19.0. The number of pyridine rings is 2. The van der Waals surface area contributed by atoms with Gasteiger partial charge in [0.15, 0.2) is 0 Å². The van der Waals surface area contributed by atoms with Crippen molar-refractivity contribution in [3.05, 3.63) is 54.4 Å². The van der Waals surface area contributed by atoms with Gasteiger partial charge in [-0.15, -0.1) is 0 Å². The van der Waals surface area contributed by atoms with Crippen LogP contribution in [0.3, 0.4) is 0 Å². The highest BCUT2D eigenvalue weighted by molar-refractivity contribution is 5.94. The summed E-state index contributed by atoms with van der Waals surface area (Å²) in [6, 6.07) is 12.5. The number of hydrogen-bond donors (Lipinski definition) is 1. The normalized spacial score (nSPS) is 16.8. The molecule has 5 rings (SSSR count). The minimum Gasteiger partial charge on any atom is -0.478 e. The number of unbranched alkanes of at least 4 members (excludes halogenated alkanes) is 1. The summed E-state index contributed by atoms with van der Waals surface area (Å²) in [6.45, 7) is 6.07. The Morgan fingerprint density at radius 3 is 2.94 bits per heavy atom. The summed E-state index contributed by atoms with van der Waals surface area (Å²) >= 11 is 0. The van der Waals surface area contributed by atoms with Crippen molar-refractivity contribution in [2.45, 2.75) is 32.1 Å². The molecule has 0 aliphatic carbocycles. The van der Waals surface area contributed by atoms with Crippen LogP contribution in [-0.4, -0.2) is 60.1 Å². The predicted molar refractivity (Wildman–Crippen MR) is 131 cm³/mol. The van der Waals surface area contributed by atoms with E-state index < -0.39 is 0 Å². The SMILES string of the molecule is O=C1CCc2ccc(OCCCCN3CCCN(c4cccc5cnccc45)CC3)nc2N1. The van der Waals surface area contributed by atoms with Crippen LogP contribution in [0.2, 0.25) is 0 Å². The van der Waals surface area contributed by atoms with Gasteiger partial charge in [0.25, 0.3) is 0 Å². The van der Waals surface area contributed by atoms with E-state index in [2.05, 4.69) is 49.4 Å². The summed E-state index contributed by atoms with van der Waals surface area (Å²) in [5, 5.41) is 5.32. The second-order valence-electron chi connectivity index (χ2n) is 8.82. The molecule has 33 heavy (non-hydrogen) atoms. The minimum absolute atomic E-state index is 0.0284. The lowest BCUT2D eigenvalue weighted by atomic mass is 10.1. The summed E-state index contributed by atoms with van der Waals surface area (Å²) in [7, 11) is 0. The first-order valence-electron chi connectivity index (χ1n) is 12.0. The highest BCUT2D eigenvalue weighted by Crippen LogP contribution is 2.27. The Bertz CT molecular complexity index is 1110. The maximum atomic E-state index is 11.6. The molecule has 2 aliphatic heterocycles. The Labute approximate surface area is 194 Å². The van der Waals surface area contributed by atoms with E-state index in [0.29, 0.717) is 24.7 Å². The summed E-state index contributed by atoms with van der Waals surface area (Å²) in [5.41, 5.74) is 2.40. The molecule has 0 unspecified atom stereocenters. The van der Waals surface area contributed by atoms with Gasteiger partial charge in [0.2, 0.25) is 11.8 Å².